The lowest BCUT2D eigenvalue weighted by molar-refractivity contribution is -0.614. The zero-order valence-corrected chi connectivity index (χ0v) is 11.0. The summed E-state index contributed by atoms with van der Waals surface area (Å²) in [5.74, 6) is -0.241. The molecule has 0 radical (unpaired) electrons. The second-order valence-electron chi connectivity index (χ2n) is 4.18. The fourth-order valence-electron chi connectivity index (χ4n) is 1.54. The summed E-state index contributed by atoms with van der Waals surface area (Å²) in [6.45, 7) is 0.289. The quantitative estimate of drug-likeness (QED) is 0.225. The number of nitrogens with two attached hydrogens (primary N) is 1. The van der Waals surface area contributed by atoms with Gasteiger partial charge in [0.15, 0.2) is 6.54 Å². The smallest absolute Gasteiger partial charge is 0.328 e. The topological polar surface area (TPSA) is 136 Å². The largest absolute Gasteiger partial charge is 0.480 e. The van der Waals surface area contributed by atoms with E-state index in [1.807, 2.05) is 0 Å². The molecule has 8 heteroatoms. The molecular weight excluding hydrogens is 264 g/mol. The highest BCUT2D eigenvalue weighted by Crippen LogP contribution is 2.07. The molecule has 0 saturated heterocycles. The first-order valence-electron chi connectivity index (χ1n) is 6.18. The molecule has 1 aromatic heterocycles. The highest BCUT2D eigenvalue weighted by atomic mass is 16.4. The number of carboxylic acid groups (broad SMARTS) is 1. The first-order chi connectivity index (χ1) is 9.56. The van der Waals surface area contributed by atoms with Crippen molar-refractivity contribution in [3.63, 3.8) is 0 Å². The van der Waals surface area contributed by atoms with Crippen LogP contribution in [0.4, 0.5) is 0 Å². The van der Waals surface area contributed by atoms with Gasteiger partial charge in [-0.15, -0.1) is 4.70 Å². The van der Waals surface area contributed by atoms with Gasteiger partial charge >= 0.3 is 5.97 Å². The number of aliphatic hydroxyl groups excluding tert-OH is 1. The minimum absolute atomic E-state index is 0.108. The molecule has 0 fully saturated rings. The van der Waals surface area contributed by atoms with E-state index in [2.05, 4.69) is 4.99 Å². The predicted molar refractivity (Wildman–Crippen MR) is 69.8 cm³/mol. The van der Waals surface area contributed by atoms with Crippen molar-refractivity contribution in [2.24, 2.45) is 10.7 Å². The molecule has 0 aliphatic carbocycles. The standard InChI is InChI=1S/C12H18N4O4/c13-8-16(14)5-1-2-11(12(18)19)15-6-9-3-4-10(7-17)20-9/h3-4,6,11,14,17H,1-2,5,7-8,13H2/p+1/t11-/m0/s1. The third-order valence-corrected chi connectivity index (χ3v) is 2.63. The Morgan fingerprint density at radius 2 is 2.35 bits per heavy atom. The first-order valence-corrected chi connectivity index (χ1v) is 6.18. The fourth-order valence-corrected chi connectivity index (χ4v) is 1.54. The summed E-state index contributed by atoms with van der Waals surface area (Å²) in [6, 6.07) is 2.31. The molecule has 0 amide bonds. The van der Waals surface area contributed by atoms with Crippen molar-refractivity contribution >= 4 is 12.2 Å². The lowest BCUT2D eigenvalue weighted by atomic mass is 10.1. The molecule has 0 unspecified atom stereocenters. The summed E-state index contributed by atoms with van der Waals surface area (Å²) in [6.07, 6.45) is 2.16. The summed E-state index contributed by atoms with van der Waals surface area (Å²) < 4.78 is 6.33. The minimum atomic E-state index is -1.03. The molecule has 1 heterocycles. The Morgan fingerprint density at radius 1 is 1.60 bits per heavy atom. The maximum atomic E-state index is 11.1. The molecule has 0 bridgehead atoms. The Bertz CT molecular complexity index is 484. The Balaban J connectivity index is 2.53. The fraction of sp³-hybridized carbons (Fsp3) is 0.500. The number of hydrogen-bond donors (Lipinski definition) is 4. The zero-order chi connectivity index (χ0) is 15.0. The molecule has 0 saturated carbocycles. The number of nitrogens with zero attached hydrogens (tertiary/aromatic N) is 2. The van der Waals surface area contributed by atoms with E-state index >= 15 is 0 Å². The van der Waals surface area contributed by atoms with Crippen molar-refractivity contribution < 1.29 is 24.1 Å². The first kappa shape index (κ1) is 16.0. The highest BCUT2D eigenvalue weighted by Gasteiger charge is 2.16. The second kappa shape index (κ2) is 8.18. The molecule has 0 aliphatic heterocycles. The van der Waals surface area contributed by atoms with Crippen LogP contribution in [0.2, 0.25) is 0 Å². The third-order valence-electron chi connectivity index (χ3n) is 2.63. The van der Waals surface area contributed by atoms with Crippen LogP contribution in [-0.2, 0) is 11.4 Å². The maximum absolute atomic E-state index is 11.1. The highest BCUT2D eigenvalue weighted by molar-refractivity contribution is 5.81. The molecule has 1 rings (SSSR count). The number of aliphatic imine (C=N–C) groups is 1. The summed E-state index contributed by atoms with van der Waals surface area (Å²) in [5.41, 5.74) is 12.6. The third kappa shape index (κ3) is 5.29. The Kier molecular flexibility index (Phi) is 6.54. The van der Waals surface area contributed by atoms with E-state index in [1.165, 1.54) is 6.21 Å². The van der Waals surface area contributed by atoms with Crippen molar-refractivity contribution in [2.45, 2.75) is 25.5 Å². The van der Waals surface area contributed by atoms with Crippen molar-refractivity contribution in [3.05, 3.63) is 23.7 Å². The molecule has 5 N–H and O–H groups in total. The number of carbonyl (C=O) groups is 1. The van der Waals surface area contributed by atoms with Crippen molar-refractivity contribution in [1.82, 2.24) is 0 Å². The average Bonchev–Trinajstić information content (AvgIpc) is 2.89. The second-order valence-corrected chi connectivity index (χ2v) is 4.18. The van der Waals surface area contributed by atoms with Gasteiger partial charge in [-0.05, 0) is 18.6 Å². The number of rotatable bonds is 9. The van der Waals surface area contributed by atoms with Gasteiger partial charge in [-0.2, -0.15) is 0 Å². The summed E-state index contributed by atoms with van der Waals surface area (Å²) in [5, 5.41) is 17.9. The maximum Gasteiger partial charge on any atom is 0.328 e. The summed E-state index contributed by atoms with van der Waals surface area (Å²) in [4.78, 5) is 15.0. The van der Waals surface area contributed by atoms with Gasteiger partial charge in [0, 0.05) is 6.42 Å². The minimum Gasteiger partial charge on any atom is -0.480 e. The number of aliphatic carboxylic acids is 1. The molecule has 1 atom stereocenters. The van der Waals surface area contributed by atoms with E-state index in [0.29, 0.717) is 30.9 Å². The van der Waals surface area contributed by atoms with Crippen molar-refractivity contribution in [2.75, 3.05) is 13.2 Å². The summed E-state index contributed by atoms with van der Waals surface area (Å²) >= 11 is 0. The van der Waals surface area contributed by atoms with E-state index in [4.69, 9.17) is 25.9 Å². The van der Waals surface area contributed by atoms with Crippen LogP contribution in [0.3, 0.4) is 0 Å². The van der Waals surface area contributed by atoms with E-state index in [-0.39, 0.29) is 13.3 Å². The lowest BCUT2D eigenvalue weighted by Gasteiger charge is -2.05. The van der Waals surface area contributed by atoms with Gasteiger partial charge < -0.3 is 14.6 Å². The van der Waals surface area contributed by atoms with Gasteiger partial charge in [-0.25, -0.2) is 4.79 Å². The molecule has 0 aromatic carbocycles. The summed E-state index contributed by atoms with van der Waals surface area (Å²) in [7, 11) is 0. The van der Waals surface area contributed by atoms with Gasteiger partial charge in [0.2, 0.25) is 6.67 Å². The monoisotopic (exact) mass is 283 g/mol. The van der Waals surface area contributed by atoms with Crippen LogP contribution < -0.4 is 5.73 Å². The Morgan fingerprint density at radius 3 is 2.90 bits per heavy atom. The van der Waals surface area contributed by atoms with Crippen LogP contribution in [0.15, 0.2) is 21.5 Å². The van der Waals surface area contributed by atoms with Gasteiger partial charge in [0.1, 0.15) is 24.2 Å². The zero-order valence-electron chi connectivity index (χ0n) is 11.0. The van der Waals surface area contributed by atoms with E-state index in [9.17, 15) is 4.79 Å². The average molecular weight is 283 g/mol. The van der Waals surface area contributed by atoms with Gasteiger partial charge in [-0.3, -0.25) is 10.7 Å². The van der Waals surface area contributed by atoms with Crippen molar-refractivity contribution in [1.29, 1.82) is 5.53 Å². The lowest BCUT2D eigenvalue weighted by Crippen LogP contribution is -2.22. The van der Waals surface area contributed by atoms with Crippen LogP contribution in [0.5, 0.6) is 0 Å². The van der Waals surface area contributed by atoms with Crippen LogP contribution in [0.25, 0.3) is 0 Å². The number of furan rings is 1. The van der Waals surface area contributed by atoms with Crippen molar-refractivity contribution in [3.8, 4) is 0 Å². The van der Waals surface area contributed by atoms with Gasteiger partial charge in [0.25, 0.3) is 0 Å². The van der Waals surface area contributed by atoms with Gasteiger partial charge in [0.05, 0.1) is 6.21 Å². The number of hydrogen-bond acceptors (Lipinski definition) is 6. The van der Waals surface area contributed by atoms with Gasteiger partial charge in [-0.1, -0.05) is 5.53 Å². The van der Waals surface area contributed by atoms with E-state index in [1.54, 1.807) is 12.1 Å². The Hall–Kier alpha value is -2.06. The molecular formula is C12H19N4O4+. The van der Waals surface area contributed by atoms with Crippen LogP contribution in [0.1, 0.15) is 24.4 Å². The molecule has 8 nitrogen and oxygen atoms in total. The predicted octanol–water partition coefficient (Wildman–Crippen LogP) is 0.384. The molecule has 0 spiro atoms. The molecule has 20 heavy (non-hydrogen) atoms. The Labute approximate surface area is 116 Å². The number of aliphatic hydroxyl groups is 1. The molecule has 0 aliphatic rings. The van der Waals surface area contributed by atoms with E-state index in [0.717, 1.165) is 4.70 Å². The van der Waals surface area contributed by atoms with E-state index < -0.39 is 12.0 Å². The van der Waals surface area contributed by atoms with Crippen LogP contribution >= 0.6 is 0 Å². The van der Waals surface area contributed by atoms with Crippen LogP contribution in [0, 0.1) is 5.53 Å². The molecule has 1 aromatic rings. The number of nitrogens with one attached hydrogen (secondary N) is 1. The SMILES string of the molecule is N=[N+](CN)CCC[C@H](N=Cc1ccc(CO)o1)C(=O)O. The molecule has 110 valence electrons. The normalized spacial score (nSPS) is 12.7. The van der Waals surface area contributed by atoms with Crippen LogP contribution in [-0.4, -0.2) is 46.3 Å². The number of carboxylic acids is 1.